The minimum Gasteiger partial charge on any atom is -0.390 e. The highest BCUT2D eigenvalue weighted by Gasteiger charge is 2.04. The number of aromatic nitrogens is 2. The Bertz CT molecular complexity index is 497. The average Bonchev–Trinajstić information content (AvgIpc) is 2.29. The summed E-state index contributed by atoms with van der Waals surface area (Å²) in [6.07, 6.45) is 0. The number of aryl methyl sites for hydroxylation is 1. The molecule has 1 N–H and O–H groups in total. The minimum atomic E-state index is -0.0626. The summed E-state index contributed by atoms with van der Waals surface area (Å²) in [5, 5.41) is 9.08. The lowest BCUT2D eigenvalue weighted by Gasteiger charge is -2.04. The van der Waals surface area contributed by atoms with Crippen LogP contribution in [0.3, 0.4) is 0 Å². The second-order valence-corrected chi connectivity index (χ2v) is 4.40. The molecule has 0 radical (unpaired) electrons. The number of benzene rings is 1. The molecule has 0 bridgehead atoms. The Morgan fingerprint density at radius 1 is 1.19 bits per heavy atom. The van der Waals surface area contributed by atoms with E-state index in [1.165, 1.54) is 0 Å². The Labute approximate surface area is 102 Å². The quantitative estimate of drug-likeness (QED) is 0.919. The third-order valence-corrected chi connectivity index (χ3v) is 2.70. The zero-order valence-electron chi connectivity index (χ0n) is 8.81. The lowest BCUT2D eigenvalue weighted by Crippen LogP contribution is -1.97. The van der Waals surface area contributed by atoms with Crippen LogP contribution in [0, 0.1) is 6.92 Å². The molecule has 0 amide bonds. The Morgan fingerprint density at radius 2 is 1.88 bits per heavy atom. The molecule has 0 aliphatic heterocycles. The van der Waals surface area contributed by atoms with Crippen molar-refractivity contribution in [3.8, 4) is 11.4 Å². The molecule has 0 unspecified atom stereocenters. The molecule has 82 valence electrons. The summed E-state index contributed by atoms with van der Waals surface area (Å²) in [5.41, 5.74) is 2.45. The van der Waals surface area contributed by atoms with Crippen LogP contribution in [0.2, 0.25) is 0 Å². The van der Waals surface area contributed by atoms with Crippen molar-refractivity contribution in [1.82, 2.24) is 9.97 Å². The van der Waals surface area contributed by atoms with Crippen LogP contribution in [0.5, 0.6) is 0 Å². The molecule has 0 atom stereocenters. The number of aliphatic hydroxyl groups is 1. The number of aliphatic hydroxyl groups excluding tert-OH is 1. The summed E-state index contributed by atoms with van der Waals surface area (Å²) >= 11 is 3.38. The summed E-state index contributed by atoms with van der Waals surface area (Å²) in [5.74, 6) is 0.650. The van der Waals surface area contributed by atoms with Crippen LogP contribution in [0.4, 0.5) is 0 Å². The van der Waals surface area contributed by atoms with Crippen molar-refractivity contribution >= 4 is 15.9 Å². The first-order valence-corrected chi connectivity index (χ1v) is 5.69. The van der Waals surface area contributed by atoms with E-state index in [2.05, 4.69) is 25.9 Å². The monoisotopic (exact) mass is 278 g/mol. The molecule has 2 aromatic rings. The highest BCUT2D eigenvalue weighted by Crippen LogP contribution is 2.19. The van der Waals surface area contributed by atoms with Crippen molar-refractivity contribution in [2.24, 2.45) is 0 Å². The molecule has 0 aliphatic carbocycles. The summed E-state index contributed by atoms with van der Waals surface area (Å²) < 4.78 is 1.02. The minimum absolute atomic E-state index is 0.0626. The zero-order chi connectivity index (χ0) is 11.5. The van der Waals surface area contributed by atoms with Gasteiger partial charge in [0.15, 0.2) is 5.82 Å². The standard InChI is InChI=1S/C12H11BrN2O/c1-8-6-11(7-16)15-12(14-8)9-2-4-10(13)5-3-9/h2-6,16H,7H2,1H3. The van der Waals surface area contributed by atoms with Crippen LogP contribution in [0.15, 0.2) is 34.8 Å². The summed E-state index contributed by atoms with van der Waals surface area (Å²) in [7, 11) is 0. The number of nitrogens with zero attached hydrogens (tertiary/aromatic N) is 2. The molecule has 4 heteroatoms. The van der Waals surface area contributed by atoms with Crippen LogP contribution in [-0.2, 0) is 6.61 Å². The van der Waals surface area contributed by atoms with Gasteiger partial charge in [0.2, 0.25) is 0 Å². The molecular weight excluding hydrogens is 268 g/mol. The van der Waals surface area contributed by atoms with Gasteiger partial charge in [0.05, 0.1) is 12.3 Å². The van der Waals surface area contributed by atoms with E-state index in [1.807, 2.05) is 31.2 Å². The van der Waals surface area contributed by atoms with Crippen LogP contribution in [-0.4, -0.2) is 15.1 Å². The first-order chi connectivity index (χ1) is 7.69. The van der Waals surface area contributed by atoms with Gasteiger partial charge < -0.3 is 5.11 Å². The predicted octanol–water partition coefficient (Wildman–Crippen LogP) is 2.71. The highest BCUT2D eigenvalue weighted by atomic mass is 79.9. The van der Waals surface area contributed by atoms with Crippen molar-refractivity contribution in [3.05, 3.63) is 46.2 Å². The van der Waals surface area contributed by atoms with Crippen LogP contribution in [0.25, 0.3) is 11.4 Å². The topological polar surface area (TPSA) is 46.0 Å². The third-order valence-electron chi connectivity index (χ3n) is 2.17. The Morgan fingerprint density at radius 3 is 2.50 bits per heavy atom. The van der Waals surface area contributed by atoms with Gasteiger partial charge >= 0.3 is 0 Å². The van der Waals surface area contributed by atoms with E-state index in [1.54, 1.807) is 6.07 Å². The Balaban J connectivity index is 2.47. The largest absolute Gasteiger partial charge is 0.390 e. The van der Waals surface area contributed by atoms with Gasteiger partial charge in [-0.25, -0.2) is 9.97 Å². The van der Waals surface area contributed by atoms with Crippen molar-refractivity contribution in [3.63, 3.8) is 0 Å². The number of halogens is 1. The fraction of sp³-hybridized carbons (Fsp3) is 0.167. The van der Waals surface area contributed by atoms with Gasteiger partial charge in [-0.2, -0.15) is 0 Å². The van der Waals surface area contributed by atoms with Crippen LogP contribution in [0.1, 0.15) is 11.4 Å². The van der Waals surface area contributed by atoms with Crippen LogP contribution < -0.4 is 0 Å². The molecule has 1 heterocycles. The van der Waals surface area contributed by atoms with Crippen molar-refractivity contribution in [2.75, 3.05) is 0 Å². The SMILES string of the molecule is Cc1cc(CO)nc(-c2ccc(Br)cc2)n1. The van der Waals surface area contributed by atoms with E-state index < -0.39 is 0 Å². The molecule has 1 aromatic heterocycles. The fourth-order valence-corrected chi connectivity index (χ4v) is 1.71. The van der Waals surface area contributed by atoms with E-state index in [9.17, 15) is 0 Å². The normalized spacial score (nSPS) is 10.4. The molecule has 0 fully saturated rings. The first-order valence-electron chi connectivity index (χ1n) is 4.90. The summed E-state index contributed by atoms with van der Waals surface area (Å²) in [6, 6.07) is 9.56. The van der Waals surface area contributed by atoms with E-state index in [4.69, 9.17) is 5.11 Å². The molecule has 1 aromatic carbocycles. The predicted molar refractivity (Wildman–Crippen MR) is 65.8 cm³/mol. The van der Waals surface area contributed by atoms with Gasteiger partial charge in [0.25, 0.3) is 0 Å². The van der Waals surface area contributed by atoms with E-state index in [0.717, 1.165) is 15.7 Å². The average molecular weight is 279 g/mol. The van der Waals surface area contributed by atoms with Gasteiger partial charge in [0.1, 0.15) is 0 Å². The number of hydrogen-bond acceptors (Lipinski definition) is 3. The molecule has 0 spiro atoms. The van der Waals surface area contributed by atoms with Crippen LogP contribution >= 0.6 is 15.9 Å². The molecule has 2 rings (SSSR count). The van der Waals surface area contributed by atoms with E-state index >= 15 is 0 Å². The molecule has 0 aliphatic rings. The van der Waals surface area contributed by atoms with Gasteiger partial charge in [-0.1, -0.05) is 28.1 Å². The second-order valence-electron chi connectivity index (χ2n) is 3.49. The summed E-state index contributed by atoms with van der Waals surface area (Å²) in [6.45, 7) is 1.83. The highest BCUT2D eigenvalue weighted by molar-refractivity contribution is 9.10. The zero-order valence-corrected chi connectivity index (χ0v) is 10.4. The number of rotatable bonds is 2. The van der Waals surface area contributed by atoms with Gasteiger partial charge in [-0.05, 0) is 25.1 Å². The maximum Gasteiger partial charge on any atom is 0.159 e. The summed E-state index contributed by atoms with van der Waals surface area (Å²) in [4.78, 5) is 8.62. The van der Waals surface area contributed by atoms with Crippen molar-refractivity contribution in [2.45, 2.75) is 13.5 Å². The van der Waals surface area contributed by atoms with Gasteiger partial charge in [0, 0.05) is 15.7 Å². The Hall–Kier alpha value is -1.26. The molecule has 3 nitrogen and oxygen atoms in total. The molecular formula is C12H11BrN2O. The molecule has 0 saturated heterocycles. The molecule has 16 heavy (non-hydrogen) atoms. The lowest BCUT2D eigenvalue weighted by molar-refractivity contribution is 0.276. The Kier molecular flexibility index (Phi) is 3.31. The van der Waals surface area contributed by atoms with E-state index in [-0.39, 0.29) is 6.61 Å². The lowest BCUT2D eigenvalue weighted by atomic mass is 10.2. The first kappa shape index (κ1) is 11.2. The maximum absolute atomic E-state index is 9.08. The maximum atomic E-state index is 9.08. The third kappa shape index (κ3) is 2.46. The van der Waals surface area contributed by atoms with E-state index in [0.29, 0.717) is 11.5 Å². The number of hydrogen-bond donors (Lipinski definition) is 1. The smallest absolute Gasteiger partial charge is 0.159 e. The van der Waals surface area contributed by atoms with Crippen molar-refractivity contribution < 1.29 is 5.11 Å². The molecule has 0 saturated carbocycles. The second kappa shape index (κ2) is 4.72. The van der Waals surface area contributed by atoms with Crippen molar-refractivity contribution in [1.29, 1.82) is 0 Å². The fourth-order valence-electron chi connectivity index (χ4n) is 1.44. The van der Waals surface area contributed by atoms with Gasteiger partial charge in [-0.15, -0.1) is 0 Å². The van der Waals surface area contributed by atoms with Gasteiger partial charge in [-0.3, -0.25) is 0 Å².